The maximum absolute atomic E-state index is 11.7. The molecular weight excluding hydrogens is 180 g/mol. The highest BCUT2D eigenvalue weighted by molar-refractivity contribution is 6.04. The zero-order valence-electron chi connectivity index (χ0n) is 9.04. The summed E-state index contributed by atoms with van der Waals surface area (Å²) < 4.78 is 0. The second-order valence-electron chi connectivity index (χ2n) is 4.12. The summed E-state index contributed by atoms with van der Waals surface area (Å²) in [7, 11) is 0. The second-order valence-corrected chi connectivity index (χ2v) is 4.12. The van der Waals surface area contributed by atoms with E-state index in [0.717, 1.165) is 12.8 Å². The summed E-state index contributed by atoms with van der Waals surface area (Å²) in [4.78, 5) is 24.4. The van der Waals surface area contributed by atoms with Crippen molar-refractivity contribution in [3.8, 4) is 0 Å². The molecule has 14 heavy (non-hydrogen) atoms. The highest BCUT2D eigenvalue weighted by Crippen LogP contribution is 2.14. The van der Waals surface area contributed by atoms with E-state index in [0.29, 0.717) is 12.5 Å². The Hall–Kier alpha value is -1.06. The SMILES string of the molecule is CCCN1C(=O)NC(CC(C)C)C1=O. The summed E-state index contributed by atoms with van der Waals surface area (Å²) in [6, 6.07) is -0.531. The lowest BCUT2D eigenvalue weighted by Gasteiger charge is -2.12. The van der Waals surface area contributed by atoms with Gasteiger partial charge >= 0.3 is 6.03 Å². The van der Waals surface area contributed by atoms with Crippen molar-refractivity contribution in [1.29, 1.82) is 0 Å². The average molecular weight is 198 g/mol. The van der Waals surface area contributed by atoms with Gasteiger partial charge in [-0.15, -0.1) is 0 Å². The fraction of sp³-hybridized carbons (Fsp3) is 0.800. The van der Waals surface area contributed by atoms with Crippen LogP contribution in [0.2, 0.25) is 0 Å². The normalized spacial score (nSPS) is 22.0. The van der Waals surface area contributed by atoms with Crippen molar-refractivity contribution in [2.75, 3.05) is 6.54 Å². The Labute approximate surface area is 84.7 Å². The maximum atomic E-state index is 11.7. The molecule has 1 saturated heterocycles. The number of amides is 3. The third kappa shape index (κ3) is 2.25. The lowest BCUT2D eigenvalue weighted by Crippen LogP contribution is -2.32. The Balaban J connectivity index is 2.59. The average Bonchev–Trinajstić information content (AvgIpc) is 2.32. The van der Waals surface area contributed by atoms with Gasteiger partial charge in [-0.25, -0.2) is 4.79 Å². The lowest BCUT2D eigenvalue weighted by molar-refractivity contribution is -0.127. The minimum absolute atomic E-state index is 0.0643. The van der Waals surface area contributed by atoms with Crippen molar-refractivity contribution >= 4 is 11.9 Å². The molecular formula is C10H18N2O2. The van der Waals surface area contributed by atoms with Crippen molar-refractivity contribution in [2.24, 2.45) is 5.92 Å². The summed E-state index contributed by atoms with van der Waals surface area (Å²) >= 11 is 0. The fourth-order valence-corrected chi connectivity index (χ4v) is 1.64. The van der Waals surface area contributed by atoms with E-state index in [1.807, 2.05) is 20.8 Å². The topological polar surface area (TPSA) is 49.4 Å². The number of nitrogens with zero attached hydrogens (tertiary/aromatic N) is 1. The molecule has 3 amide bonds. The number of carbonyl (C=O) groups is 2. The lowest BCUT2D eigenvalue weighted by atomic mass is 10.0. The zero-order chi connectivity index (χ0) is 10.7. The minimum atomic E-state index is -0.297. The predicted molar refractivity (Wildman–Crippen MR) is 53.8 cm³/mol. The van der Waals surface area contributed by atoms with Gasteiger partial charge in [0.1, 0.15) is 6.04 Å². The van der Waals surface area contributed by atoms with Gasteiger partial charge < -0.3 is 5.32 Å². The molecule has 4 nitrogen and oxygen atoms in total. The summed E-state index contributed by atoms with van der Waals surface area (Å²) in [5.74, 6) is 0.358. The Morgan fingerprint density at radius 2 is 2.07 bits per heavy atom. The van der Waals surface area contributed by atoms with Crippen LogP contribution in [0.1, 0.15) is 33.6 Å². The molecule has 1 N–H and O–H groups in total. The molecule has 0 aliphatic carbocycles. The summed E-state index contributed by atoms with van der Waals surface area (Å²) in [5, 5.41) is 2.71. The molecule has 1 atom stereocenters. The first-order valence-electron chi connectivity index (χ1n) is 5.18. The van der Waals surface area contributed by atoms with Crippen LogP contribution in [0.5, 0.6) is 0 Å². The van der Waals surface area contributed by atoms with E-state index in [1.165, 1.54) is 4.90 Å². The van der Waals surface area contributed by atoms with E-state index in [9.17, 15) is 9.59 Å². The minimum Gasteiger partial charge on any atom is -0.326 e. The summed E-state index contributed by atoms with van der Waals surface area (Å²) in [5.41, 5.74) is 0. The standard InChI is InChI=1S/C10H18N2O2/c1-4-5-12-9(13)8(6-7(2)3)11-10(12)14/h7-8H,4-6H2,1-3H3,(H,11,14). The van der Waals surface area contributed by atoms with Gasteiger partial charge in [0.15, 0.2) is 0 Å². The van der Waals surface area contributed by atoms with Crippen LogP contribution in [0.25, 0.3) is 0 Å². The number of imide groups is 1. The van der Waals surface area contributed by atoms with Crippen molar-refractivity contribution in [3.05, 3.63) is 0 Å². The first-order valence-corrected chi connectivity index (χ1v) is 5.18. The second kappa shape index (κ2) is 4.44. The van der Waals surface area contributed by atoms with Crippen LogP contribution in [0.4, 0.5) is 4.79 Å². The highest BCUT2D eigenvalue weighted by Gasteiger charge is 2.37. The molecule has 4 heteroatoms. The molecule has 1 rings (SSSR count). The van der Waals surface area contributed by atoms with Gasteiger partial charge in [-0.3, -0.25) is 9.69 Å². The van der Waals surface area contributed by atoms with Gasteiger partial charge in [0, 0.05) is 6.54 Å². The van der Waals surface area contributed by atoms with Crippen LogP contribution in [0.3, 0.4) is 0 Å². The number of hydrogen-bond donors (Lipinski definition) is 1. The largest absolute Gasteiger partial charge is 0.326 e. The van der Waals surface area contributed by atoms with Gasteiger partial charge in [0.05, 0.1) is 0 Å². The van der Waals surface area contributed by atoms with Crippen LogP contribution in [-0.2, 0) is 4.79 Å². The van der Waals surface area contributed by atoms with E-state index < -0.39 is 0 Å². The quantitative estimate of drug-likeness (QED) is 0.693. The molecule has 1 heterocycles. The van der Waals surface area contributed by atoms with Crippen molar-refractivity contribution in [3.63, 3.8) is 0 Å². The number of rotatable bonds is 4. The predicted octanol–water partition coefficient (Wildman–Crippen LogP) is 1.36. The van der Waals surface area contributed by atoms with Crippen LogP contribution < -0.4 is 5.32 Å². The van der Waals surface area contributed by atoms with Gasteiger partial charge in [0.25, 0.3) is 5.91 Å². The third-order valence-corrected chi connectivity index (χ3v) is 2.26. The Kier molecular flexibility index (Phi) is 3.49. The molecule has 0 bridgehead atoms. The Morgan fingerprint density at radius 1 is 1.43 bits per heavy atom. The van der Waals surface area contributed by atoms with E-state index in [1.54, 1.807) is 0 Å². The fourth-order valence-electron chi connectivity index (χ4n) is 1.64. The summed E-state index contributed by atoms with van der Waals surface area (Å²) in [6.45, 7) is 6.57. The molecule has 0 aromatic heterocycles. The molecule has 0 aromatic rings. The highest BCUT2D eigenvalue weighted by atomic mass is 16.2. The van der Waals surface area contributed by atoms with Crippen LogP contribution in [0.15, 0.2) is 0 Å². The molecule has 0 saturated carbocycles. The maximum Gasteiger partial charge on any atom is 0.324 e. The molecule has 1 unspecified atom stereocenters. The van der Waals surface area contributed by atoms with Crippen LogP contribution in [0, 0.1) is 5.92 Å². The molecule has 1 fully saturated rings. The van der Waals surface area contributed by atoms with E-state index in [4.69, 9.17) is 0 Å². The first-order chi connectivity index (χ1) is 6.56. The number of nitrogens with one attached hydrogen (secondary N) is 1. The molecule has 0 spiro atoms. The molecule has 80 valence electrons. The van der Waals surface area contributed by atoms with Gasteiger partial charge in [0.2, 0.25) is 0 Å². The van der Waals surface area contributed by atoms with Crippen molar-refractivity contribution < 1.29 is 9.59 Å². The third-order valence-electron chi connectivity index (χ3n) is 2.26. The first kappa shape index (κ1) is 11.0. The smallest absolute Gasteiger partial charge is 0.324 e. The van der Waals surface area contributed by atoms with E-state index in [2.05, 4.69) is 5.32 Å². The molecule has 0 aromatic carbocycles. The zero-order valence-corrected chi connectivity index (χ0v) is 9.04. The van der Waals surface area contributed by atoms with Crippen molar-refractivity contribution in [1.82, 2.24) is 10.2 Å². The van der Waals surface area contributed by atoms with Crippen molar-refractivity contribution in [2.45, 2.75) is 39.7 Å². The monoisotopic (exact) mass is 198 g/mol. The van der Waals surface area contributed by atoms with Gasteiger partial charge in [-0.05, 0) is 18.8 Å². The van der Waals surface area contributed by atoms with E-state index >= 15 is 0 Å². The van der Waals surface area contributed by atoms with Gasteiger partial charge in [-0.2, -0.15) is 0 Å². The summed E-state index contributed by atoms with van der Waals surface area (Å²) in [6.07, 6.45) is 1.54. The molecule has 1 aliphatic rings. The molecule has 1 aliphatic heterocycles. The Bertz CT molecular complexity index is 238. The number of carbonyl (C=O) groups excluding carboxylic acids is 2. The van der Waals surface area contributed by atoms with E-state index in [-0.39, 0.29) is 18.0 Å². The van der Waals surface area contributed by atoms with Crippen LogP contribution >= 0.6 is 0 Å². The number of hydrogen-bond acceptors (Lipinski definition) is 2. The molecule has 0 radical (unpaired) electrons. The number of urea groups is 1. The van der Waals surface area contributed by atoms with Gasteiger partial charge in [-0.1, -0.05) is 20.8 Å². The van der Waals surface area contributed by atoms with Crippen LogP contribution in [-0.4, -0.2) is 29.4 Å². The Morgan fingerprint density at radius 3 is 2.57 bits per heavy atom.